The van der Waals surface area contributed by atoms with Gasteiger partial charge in [-0.15, -0.1) is 0 Å². The van der Waals surface area contributed by atoms with Crippen LogP contribution in [0.15, 0.2) is 27.4 Å². The minimum absolute atomic E-state index is 0.0758. The molecule has 4 aliphatic carbocycles. The van der Waals surface area contributed by atoms with Crippen molar-refractivity contribution in [2.24, 2.45) is 17.8 Å². The van der Waals surface area contributed by atoms with Gasteiger partial charge in [0.1, 0.15) is 0 Å². The van der Waals surface area contributed by atoms with Gasteiger partial charge in [-0.25, -0.2) is 4.79 Å². The summed E-state index contributed by atoms with van der Waals surface area (Å²) in [4.78, 5) is 27.6. The highest BCUT2D eigenvalue weighted by atomic mass is 35.5. The third-order valence-corrected chi connectivity index (χ3v) is 8.54. The second kappa shape index (κ2) is 7.38. The first kappa shape index (κ1) is 19.9. The maximum atomic E-state index is 12.9. The van der Waals surface area contributed by atoms with Crippen molar-refractivity contribution < 1.29 is 9.21 Å². The van der Waals surface area contributed by atoms with E-state index in [4.69, 9.17) is 16.0 Å². The van der Waals surface area contributed by atoms with Crippen LogP contribution in [-0.4, -0.2) is 40.5 Å². The first-order valence-electron chi connectivity index (χ1n) is 11.8. The van der Waals surface area contributed by atoms with Crippen LogP contribution in [-0.2, 0) is 4.79 Å². The first-order chi connectivity index (χ1) is 15.0. The van der Waals surface area contributed by atoms with Crippen LogP contribution in [0.4, 0.5) is 0 Å². The van der Waals surface area contributed by atoms with E-state index in [9.17, 15) is 9.59 Å². The molecule has 1 N–H and O–H groups in total. The van der Waals surface area contributed by atoms with Gasteiger partial charge in [0.15, 0.2) is 5.58 Å². The molecule has 1 aromatic heterocycles. The number of piperidine rings is 1. The molecule has 1 aromatic carbocycles. The highest BCUT2D eigenvalue weighted by molar-refractivity contribution is 6.31. The summed E-state index contributed by atoms with van der Waals surface area (Å²) in [5, 5.41) is 4.08. The fourth-order valence-corrected chi connectivity index (χ4v) is 7.66. The lowest BCUT2D eigenvalue weighted by Gasteiger charge is -2.57. The molecule has 166 valence electrons. The Balaban J connectivity index is 1.08. The Morgan fingerprint density at radius 2 is 1.74 bits per heavy atom. The van der Waals surface area contributed by atoms with E-state index in [0.29, 0.717) is 17.2 Å². The van der Waals surface area contributed by atoms with Crippen LogP contribution < -0.4 is 11.1 Å². The van der Waals surface area contributed by atoms with E-state index in [1.807, 2.05) is 0 Å². The number of carbonyl (C=O) groups is 1. The Bertz CT molecular complexity index is 1030. The summed E-state index contributed by atoms with van der Waals surface area (Å²) in [6.45, 7) is 2.07. The Hall–Kier alpha value is -1.79. The molecular formula is C24H30ClN3O3. The minimum atomic E-state index is -0.324. The molecule has 31 heavy (non-hydrogen) atoms. The van der Waals surface area contributed by atoms with Gasteiger partial charge in [-0.3, -0.25) is 14.3 Å². The number of rotatable bonds is 4. The molecule has 2 heterocycles. The van der Waals surface area contributed by atoms with Crippen molar-refractivity contribution in [2.75, 3.05) is 19.6 Å². The normalized spacial score (nSPS) is 33.3. The number of oxazole rings is 1. The summed E-state index contributed by atoms with van der Waals surface area (Å²) in [5.41, 5.74) is 1.41. The number of likely N-dealkylation sites (tertiary alicyclic amines) is 1. The van der Waals surface area contributed by atoms with Crippen molar-refractivity contribution in [3.05, 3.63) is 33.8 Å². The Morgan fingerprint density at radius 3 is 2.39 bits per heavy atom. The second-order valence-corrected chi connectivity index (χ2v) is 11.0. The molecule has 4 saturated carbocycles. The molecule has 6 nitrogen and oxygen atoms in total. The fourth-order valence-electron chi connectivity index (χ4n) is 7.49. The zero-order valence-electron chi connectivity index (χ0n) is 17.8. The van der Waals surface area contributed by atoms with Gasteiger partial charge in [0, 0.05) is 29.7 Å². The van der Waals surface area contributed by atoms with Gasteiger partial charge in [-0.05, 0) is 87.3 Å². The molecule has 0 spiro atoms. The van der Waals surface area contributed by atoms with E-state index in [1.54, 1.807) is 22.8 Å². The van der Waals surface area contributed by atoms with Gasteiger partial charge in [0.2, 0.25) is 5.91 Å². The molecule has 7 rings (SSSR count). The van der Waals surface area contributed by atoms with Gasteiger partial charge >= 0.3 is 5.76 Å². The van der Waals surface area contributed by atoms with Gasteiger partial charge in [0.05, 0.1) is 12.1 Å². The van der Waals surface area contributed by atoms with E-state index < -0.39 is 0 Å². The number of halogens is 1. The first-order valence-corrected chi connectivity index (χ1v) is 12.2. The van der Waals surface area contributed by atoms with E-state index >= 15 is 0 Å². The molecule has 1 amide bonds. The minimum Gasteiger partial charge on any atom is -0.408 e. The maximum Gasteiger partial charge on any atom is 0.420 e. The van der Waals surface area contributed by atoms with Gasteiger partial charge in [0.25, 0.3) is 0 Å². The van der Waals surface area contributed by atoms with E-state index in [1.165, 1.54) is 38.5 Å². The molecule has 5 aliphatic rings. The highest BCUT2D eigenvalue weighted by Crippen LogP contribution is 2.55. The molecule has 0 radical (unpaired) electrons. The van der Waals surface area contributed by atoms with Crippen molar-refractivity contribution in [2.45, 2.75) is 62.9 Å². The number of amides is 1. The number of hydrogen-bond donors (Lipinski definition) is 1. The molecule has 1 saturated heterocycles. The second-order valence-electron chi connectivity index (χ2n) is 10.6. The van der Waals surface area contributed by atoms with Crippen molar-refractivity contribution >= 4 is 28.6 Å². The van der Waals surface area contributed by atoms with Crippen LogP contribution in [0.1, 0.15) is 57.4 Å². The molecular weight excluding hydrogens is 414 g/mol. The monoisotopic (exact) mass is 443 g/mol. The number of carbonyl (C=O) groups excluding carboxylic acids is 1. The lowest BCUT2D eigenvalue weighted by molar-refractivity contribution is -0.128. The van der Waals surface area contributed by atoms with Gasteiger partial charge in [-0.2, -0.15) is 0 Å². The van der Waals surface area contributed by atoms with Crippen LogP contribution in [0.25, 0.3) is 11.1 Å². The predicted molar refractivity (Wildman–Crippen MR) is 119 cm³/mol. The molecule has 0 atom stereocenters. The number of aromatic nitrogens is 1. The zero-order valence-corrected chi connectivity index (χ0v) is 18.6. The topological polar surface area (TPSA) is 67.5 Å². The number of hydrogen-bond acceptors (Lipinski definition) is 4. The number of nitrogens with one attached hydrogen (secondary N) is 1. The third-order valence-electron chi connectivity index (χ3n) is 8.31. The van der Waals surface area contributed by atoms with Crippen LogP contribution in [0, 0.1) is 17.8 Å². The summed E-state index contributed by atoms with van der Waals surface area (Å²) in [5.74, 6) is 2.35. The van der Waals surface area contributed by atoms with Crippen molar-refractivity contribution in [1.29, 1.82) is 0 Å². The number of fused-ring (bicyclic) bond motifs is 1. The lowest BCUT2D eigenvalue weighted by Crippen LogP contribution is -2.61. The smallest absolute Gasteiger partial charge is 0.408 e. The Morgan fingerprint density at radius 1 is 1.10 bits per heavy atom. The van der Waals surface area contributed by atoms with Crippen LogP contribution in [0.2, 0.25) is 5.02 Å². The number of benzene rings is 1. The molecule has 1 aliphatic heterocycles. The lowest BCUT2D eigenvalue weighted by atomic mass is 9.53. The standard InChI is InChI=1S/C24H30ClN3O3/c25-18-1-2-21-20(10-18)28(23(30)31-21)19-3-5-27(6-4-19)14-22(29)26-24-11-15-7-16(12-24)9-17(8-15)13-24/h1-2,10,15-17,19H,3-9,11-14H2,(H,26,29). The average Bonchev–Trinajstić information content (AvgIpc) is 3.02. The molecule has 7 heteroatoms. The van der Waals surface area contributed by atoms with Crippen LogP contribution in [0.3, 0.4) is 0 Å². The highest BCUT2D eigenvalue weighted by Gasteiger charge is 2.51. The molecule has 2 aromatic rings. The van der Waals surface area contributed by atoms with Crippen molar-refractivity contribution in [3.63, 3.8) is 0 Å². The molecule has 5 fully saturated rings. The summed E-state index contributed by atoms with van der Waals surface area (Å²) in [7, 11) is 0. The van der Waals surface area contributed by atoms with E-state index in [-0.39, 0.29) is 23.2 Å². The van der Waals surface area contributed by atoms with Crippen LogP contribution >= 0.6 is 11.6 Å². The Kier molecular flexibility index (Phi) is 4.73. The number of nitrogens with zero attached hydrogens (tertiary/aromatic N) is 2. The Labute approximate surface area is 186 Å². The van der Waals surface area contributed by atoms with Gasteiger partial charge in [-0.1, -0.05) is 11.6 Å². The molecule has 0 unspecified atom stereocenters. The van der Waals surface area contributed by atoms with E-state index in [2.05, 4.69) is 10.2 Å². The largest absolute Gasteiger partial charge is 0.420 e. The fraction of sp³-hybridized carbons (Fsp3) is 0.667. The maximum absolute atomic E-state index is 12.9. The van der Waals surface area contributed by atoms with Crippen LogP contribution in [0.5, 0.6) is 0 Å². The SMILES string of the molecule is O=C(CN1CCC(n2c(=O)oc3ccc(Cl)cc32)CC1)NC12CC3CC(CC(C3)C1)C2. The quantitative estimate of drug-likeness (QED) is 0.776. The predicted octanol–water partition coefficient (Wildman–Crippen LogP) is 3.97. The zero-order chi connectivity index (χ0) is 21.2. The van der Waals surface area contributed by atoms with E-state index in [0.717, 1.165) is 49.2 Å². The third kappa shape index (κ3) is 3.62. The van der Waals surface area contributed by atoms with Crippen molar-refractivity contribution in [1.82, 2.24) is 14.8 Å². The summed E-state index contributed by atoms with van der Waals surface area (Å²) in [6.07, 6.45) is 9.36. The summed E-state index contributed by atoms with van der Waals surface area (Å²) < 4.78 is 7.15. The average molecular weight is 444 g/mol. The van der Waals surface area contributed by atoms with Crippen molar-refractivity contribution in [3.8, 4) is 0 Å². The summed E-state index contributed by atoms with van der Waals surface area (Å²) >= 11 is 6.14. The molecule has 4 bridgehead atoms. The summed E-state index contributed by atoms with van der Waals surface area (Å²) in [6, 6.07) is 5.36. The van der Waals surface area contributed by atoms with Gasteiger partial charge < -0.3 is 9.73 Å².